The summed E-state index contributed by atoms with van der Waals surface area (Å²) in [6.45, 7) is 4.19. The van der Waals surface area contributed by atoms with E-state index in [1.165, 1.54) is 0 Å². The first-order valence-corrected chi connectivity index (χ1v) is 7.79. The largest absolute Gasteiger partial charge is 0.345 e. The number of piperazine rings is 1. The average Bonchev–Trinajstić information content (AvgIpc) is 2.90. The van der Waals surface area contributed by atoms with E-state index >= 15 is 0 Å². The number of hydrogen-bond donors (Lipinski definition) is 1. The van der Waals surface area contributed by atoms with Gasteiger partial charge in [0.25, 0.3) is 0 Å². The molecule has 3 rings (SSSR count). The molecule has 2 heterocycles. The summed E-state index contributed by atoms with van der Waals surface area (Å²) in [6.07, 6.45) is 0.579. The maximum absolute atomic E-state index is 12.2. The van der Waals surface area contributed by atoms with Gasteiger partial charge < -0.3 is 10.2 Å². The zero-order chi connectivity index (χ0) is 15.0. The quantitative estimate of drug-likeness (QED) is 0.942. The number of fused-ring (bicyclic) bond motifs is 1. The van der Waals surface area contributed by atoms with Crippen LogP contribution >= 0.6 is 11.3 Å². The fourth-order valence-corrected chi connectivity index (χ4v) is 3.53. The minimum absolute atomic E-state index is 0.0572. The second-order valence-electron chi connectivity index (χ2n) is 5.37. The van der Waals surface area contributed by atoms with Crippen molar-refractivity contribution in [2.75, 3.05) is 6.54 Å². The molecule has 1 N–H and O–H groups in total. The van der Waals surface area contributed by atoms with Crippen LogP contribution in [-0.4, -0.2) is 33.8 Å². The molecular weight excluding hydrogens is 286 g/mol. The summed E-state index contributed by atoms with van der Waals surface area (Å²) in [5, 5.41) is 3.53. The molecule has 1 fully saturated rings. The maximum Gasteiger partial charge on any atom is 0.246 e. The normalized spacial score (nSPS) is 22.7. The Morgan fingerprint density at radius 3 is 2.86 bits per heavy atom. The zero-order valence-electron chi connectivity index (χ0n) is 12.0. The molecule has 5 nitrogen and oxygen atoms in total. The predicted octanol–water partition coefficient (Wildman–Crippen LogP) is 1.92. The highest BCUT2D eigenvalue weighted by Crippen LogP contribution is 2.28. The standard InChI is InChI=1S/C15H17N3O2S/c1-3-15(2)14(20)16-8-13(19)18(15)9-12-17-10-6-4-5-7-11(10)21-12/h4-7H,3,8-9H2,1-2H3,(H,16,20). The minimum Gasteiger partial charge on any atom is -0.345 e. The first-order chi connectivity index (χ1) is 10.0. The lowest BCUT2D eigenvalue weighted by molar-refractivity contribution is -0.153. The highest BCUT2D eigenvalue weighted by molar-refractivity contribution is 7.18. The molecule has 0 aliphatic carbocycles. The third-order valence-electron chi connectivity index (χ3n) is 4.11. The van der Waals surface area contributed by atoms with E-state index in [2.05, 4.69) is 10.3 Å². The molecule has 1 aromatic heterocycles. The Labute approximate surface area is 127 Å². The predicted molar refractivity (Wildman–Crippen MR) is 81.9 cm³/mol. The molecule has 1 saturated heterocycles. The number of rotatable bonds is 3. The van der Waals surface area contributed by atoms with Crippen LogP contribution in [-0.2, 0) is 16.1 Å². The van der Waals surface area contributed by atoms with Gasteiger partial charge in [0.05, 0.1) is 23.3 Å². The zero-order valence-corrected chi connectivity index (χ0v) is 12.9. The number of thiazole rings is 1. The molecule has 1 unspecified atom stereocenters. The number of hydrogen-bond acceptors (Lipinski definition) is 4. The van der Waals surface area contributed by atoms with E-state index in [-0.39, 0.29) is 18.4 Å². The van der Waals surface area contributed by atoms with E-state index in [1.807, 2.05) is 38.1 Å². The van der Waals surface area contributed by atoms with Crippen LogP contribution in [0.15, 0.2) is 24.3 Å². The SMILES string of the molecule is CCC1(C)C(=O)NCC(=O)N1Cc1nc2ccccc2s1. The molecule has 2 amide bonds. The molecule has 1 aliphatic heterocycles. The van der Waals surface area contributed by atoms with E-state index in [4.69, 9.17) is 0 Å². The van der Waals surface area contributed by atoms with Crippen LogP contribution in [0.5, 0.6) is 0 Å². The van der Waals surface area contributed by atoms with E-state index < -0.39 is 5.54 Å². The lowest BCUT2D eigenvalue weighted by atomic mass is 9.93. The third-order valence-corrected chi connectivity index (χ3v) is 5.13. The van der Waals surface area contributed by atoms with Gasteiger partial charge in [-0.3, -0.25) is 9.59 Å². The van der Waals surface area contributed by atoms with E-state index in [9.17, 15) is 9.59 Å². The molecule has 2 aromatic rings. The Kier molecular flexibility index (Phi) is 3.41. The van der Waals surface area contributed by atoms with Crippen LogP contribution in [0.3, 0.4) is 0 Å². The lowest BCUT2D eigenvalue weighted by Gasteiger charge is -2.42. The molecule has 21 heavy (non-hydrogen) atoms. The van der Waals surface area contributed by atoms with E-state index in [0.717, 1.165) is 15.2 Å². The van der Waals surface area contributed by atoms with Gasteiger partial charge in [0, 0.05) is 0 Å². The minimum atomic E-state index is -0.798. The van der Waals surface area contributed by atoms with Crippen molar-refractivity contribution in [1.82, 2.24) is 15.2 Å². The number of carbonyl (C=O) groups is 2. The van der Waals surface area contributed by atoms with Gasteiger partial charge in [-0.25, -0.2) is 4.98 Å². The Morgan fingerprint density at radius 1 is 1.38 bits per heavy atom. The molecule has 0 spiro atoms. The van der Waals surface area contributed by atoms with Crippen LogP contribution in [0, 0.1) is 0 Å². The topological polar surface area (TPSA) is 62.3 Å². The van der Waals surface area contributed by atoms with Crippen LogP contribution in [0.2, 0.25) is 0 Å². The van der Waals surface area contributed by atoms with Crippen molar-refractivity contribution < 1.29 is 9.59 Å². The number of carbonyl (C=O) groups excluding carboxylic acids is 2. The molecule has 110 valence electrons. The van der Waals surface area contributed by atoms with Crippen molar-refractivity contribution in [2.45, 2.75) is 32.4 Å². The molecule has 1 aliphatic rings. The van der Waals surface area contributed by atoms with Crippen LogP contribution in [0.25, 0.3) is 10.2 Å². The summed E-state index contributed by atoms with van der Waals surface area (Å²) < 4.78 is 1.10. The first kappa shape index (κ1) is 14.0. The smallest absolute Gasteiger partial charge is 0.246 e. The van der Waals surface area contributed by atoms with Crippen molar-refractivity contribution in [1.29, 1.82) is 0 Å². The van der Waals surface area contributed by atoms with Gasteiger partial charge in [0.2, 0.25) is 11.8 Å². The van der Waals surface area contributed by atoms with Gasteiger partial charge in [0.15, 0.2) is 0 Å². The van der Waals surface area contributed by atoms with Crippen molar-refractivity contribution in [3.8, 4) is 0 Å². The summed E-state index contributed by atoms with van der Waals surface area (Å²) in [7, 11) is 0. The fourth-order valence-electron chi connectivity index (χ4n) is 2.58. The number of para-hydroxylation sites is 1. The summed E-state index contributed by atoms with van der Waals surface area (Å²) in [5.74, 6) is -0.149. The number of amides is 2. The third kappa shape index (κ3) is 2.29. The molecule has 1 atom stereocenters. The molecular formula is C15H17N3O2S. The molecule has 6 heteroatoms. The van der Waals surface area contributed by atoms with Crippen LogP contribution < -0.4 is 5.32 Å². The Balaban J connectivity index is 1.93. The molecule has 0 bridgehead atoms. The van der Waals surface area contributed by atoms with Gasteiger partial charge in [-0.1, -0.05) is 19.1 Å². The van der Waals surface area contributed by atoms with Crippen molar-refractivity contribution >= 4 is 33.4 Å². The highest BCUT2D eigenvalue weighted by atomic mass is 32.1. The van der Waals surface area contributed by atoms with Gasteiger partial charge in [-0.2, -0.15) is 0 Å². The Hall–Kier alpha value is -1.95. The van der Waals surface area contributed by atoms with Crippen molar-refractivity contribution in [3.63, 3.8) is 0 Å². The lowest BCUT2D eigenvalue weighted by Crippen LogP contribution is -2.65. The van der Waals surface area contributed by atoms with Gasteiger partial charge in [-0.15, -0.1) is 11.3 Å². The second kappa shape index (κ2) is 5.11. The maximum atomic E-state index is 12.2. The average molecular weight is 303 g/mol. The van der Waals surface area contributed by atoms with Crippen molar-refractivity contribution in [3.05, 3.63) is 29.3 Å². The highest BCUT2D eigenvalue weighted by Gasteiger charge is 2.44. The van der Waals surface area contributed by atoms with E-state index in [1.54, 1.807) is 16.2 Å². The van der Waals surface area contributed by atoms with Crippen LogP contribution in [0.4, 0.5) is 0 Å². The van der Waals surface area contributed by atoms with Gasteiger partial charge in [-0.05, 0) is 25.5 Å². The molecule has 0 radical (unpaired) electrons. The Morgan fingerprint density at radius 2 is 2.14 bits per heavy atom. The Bertz CT molecular complexity index is 679. The second-order valence-corrected chi connectivity index (χ2v) is 6.48. The monoisotopic (exact) mass is 303 g/mol. The van der Waals surface area contributed by atoms with E-state index in [0.29, 0.717) is 13.0 Å². The van der Waals surface area contributed by atoms with Gasteiger partial charge in [0.1, 0.15) is 10.5 Å². The molecule has 1 aromatic carbocycles. The summed E-state index contributed by atoms with van der Waals surface area (Å²) >= 11 is 1.57. The van der Waals surface area contributed by atoms with Crippen LogP contribution in [0.1, 0.15) is 25.3 Å². The summed E-state index contributed by atoms with van der Waals surface area (Å²) in [6, 6.07) is 7.89. The number of nitrogens with one attached hydrogen (secondary N) is 1. The first-order valence-electron chi connectivity index (χ1n) is 6.98. The summed E-state index contributed by atoms with van der Waals surface area (Å²) in [5.41, 5.74) is 0.136. The number of nitrogens with zero attached hydrogens (tertiary/aromatic N) is 2. The summed E-state index contributed by atoms with van der Waals surface area (Å²) in [4.78, 5) is 30.6. The van der Waals surface area contributed by atoms with Gasteiger partial charge >= 0.3 is 0 Å². The fraction of sp³-hybridized carbons (Fsp3) is 0.400. The number of benzene rings is 1. The molecule has 0 saturated carbocycles. The van der Waals surface area contributed by atoms with Crippen molar-refractivity contribution in [2.24, 2.45) is 0 Å². The number of aromatic nitrogens is 1.